The first kappa shape index (κ1) is 18.4. The molecule has 1 saturated carbocycles. The van der Waals surface area contributed by atoms with Gasteiger partial charge in [-0.25, -0.2) is 0 Å². The van der Waals surface area contributed by atoms with Crippen molar-refractivity contribution in [2.24, 2.45) is 11.7 Å². The number of anilines is 1. The average molecular weight is 380 g/mol. The summed E-state index contributed by atoms with van der Waals surface area (Å²) in [4.78, 5) is 39.9. The summed E-state index contributed by atoms with van der Waals surface area (Å²) < 4.78 is 0. The van der Waals surface area contributed by atoms with Gasteiger partial charge in [-0.1, -0.05) is 6.08 Å². The van der Waals surface area contributed by atoms with E-state index in [1.54, 1.807) is 35.8 Å². The molecule has 146 valence electrons. The van der Waals surface area contributed by atoms with Gasteiger partial charge in [0.2, 0.25) is 5.91 Å². The average Bonchev–Trinajstić information content (AvgIpc) is 3.50. The Bertz CT molecular complexity index is 916. The highest BCUT2D eigenvalue weighted by atomic mass is 16.2. The molecule has 1 aliphatic heterocycles. The van der Waals surface area contributed by atoms with Crippen molar-refractivity contribution in [3.8, 4) is 11.3 Å². The quantitative estimate of drug-likeness (QED) is 0.687. The molecule has 1 amide bonds. The molecule has 2 aliphatic rings. The summed E-state index contributed by atoms with van der Waals surface area (Å²) in [7, 11) is 0. The van der Waals surface area contributed by atoms with Gasteiger partial charge < -0.3 is 20.5 Å². The van der Waals surface area contributed by atoms with Gasteiger partial charge in [0.15, 0.2) is 0 Å². The zero-order valence-corrected chi connectivity index (χ0v) is 15.6. The highest BCUT2D eigenvalue weighted by molar-refractivity contribution is 5.88. The van der Waals surface area contributed by atoms with Crippen molar-refractivity contribution in [2.45, 2.75) is 18.9 Å². The second-order valence-corrected chi connectivity index (χ2v) is 7.32. The van der Waals surface area contributed by atoms with Crippen LogP contribution in [0, 0.1) is 5.92 Å². The molecule has 4 rings (SSSR count). The summed E-state index contributed by atoms with van der Waals surface area (Å²) in [5.41, 5.74) is 7.45. The number of hydrogen-bond donors (Lipinski definition) is 2. The van der Waals surface area contributed by atoms with E-state index in [2.05, 4.69) is 19.9 Å². The molecule has 3 heterocycles. The van der Waals surface area contributed by atoms with E-state index < -0.39 is 0 Å². The molecule has 0 radical (unpaired) electrons. The third-order valence-electron chi connectivity index (χ3n) is 5.22. The lowest BCUT2D eigenvalue weighted by Gasteiger charge is -2.46. The SMILES string of the molecule is NCC=CC(=O)N1CC(N(CC2CC2)c2cc(-c3cnccn3)c[nH]c2=O)C1. The Labute approximate surface area is 163 Å². The lowest BCUT2D eigenvalue weighted by atomic mass is 10.0. The van der Waals surface area contributed by atoms with Crippen LogP contribution in [0.4, 0.5) is 5.69 Å². The zero-order valence-electron chi connectivity index (χ0n) is 15.6. The van der Waals surface area contributed by atoms with Gasteiger partial charge in [-0.15, -0.1) is 0 Å². The van der Waals surface area contributed by atoms with Crippen LogP contribution in [-0.4, -0.2) is 58.0 Å². The predicted molar refractivity (Wildman–Crippen MR) is 107 cm³/mol. The number of nitrogens with one attached hydrogen (secondary N) is 1. The maximum Gasteiger partial charge on any atom is 0.271 e. The number of aromatic amines is 1. The van der Waals surface area contributed by atoms with Gasteiger partial charge in [-0.3, -0.25) is 19.6 Å². The van der Waals surface area contributed by atoms with Crippen LogP contribution in [0.1, 0.15) is 12.8 Å². The molecule has 0 atom stereocenters. The number of amides is 1. The van der Waals surface area contributed by atoms with E-state index in [1.807, 2.05) is 6.07 Å². The van der Waals surface area contributed by atoms with Crippen molar-refractivity contribution in [3.05, 3.63) is 53.4 Å². The van der Waals surface area contributed by atoms with Crippen molar-refractivity contribution >= 4 is 11.6 Å². The Balaban J connectivity index is 1.56. The molecule has 0 bridgehead atoms. The van der Waals surface area contributed by atoms with E-state index in [0.29, 0.717) is 36.9 Å². The summed E-state index contributed by atoms with van der Waals surface area (Å²) in [5.74, 6) is 0.580. The molecule has 2 aromatic rings. The van der Waals surface area contributed by atoms with Crippen LogP contribution in [0.5, 0.6) is 0 Å². The number of hydrogen-bond acceptors (Lipinski definition) is 6. The largest absolute Gasteiger partial charge is 0.360 e. The van der Waals surface area contributed by atoms with E-state index in [4.69, 9.17) is 5.73 Å². The number of nitrogens with zero attached hydrogens (tertiary/aromatic N) is 4. The second kappa shape index (κ2) is 7.93. The number of likely N-dealkylation sites (tertiary alicyclic amines) is 1. The van der Waals surface area contributed by atoms with Crippen molar-refractivity contribution in [2.75, 3.05) is 31.1 Å². The minimum Gasteiger partial charge on any atom is -0.360 e. The first-order chi connectivity index (χ1) is 13.7. The monoisotopic (exact) mass is 380 g/mol. The molecule has 0 spiro atoms. The van der Waals surface area contributed by atoms with Crippen LogP contribution in [0.3, 0.4) is 0 Å². The molecular weight excluding hydrogens is 356 g/mol. The number of H-pyrrole nitrogens is 1. The Morgan fingerprint density at radius 2 is 2.18 bits per heavy atom. The molecule has 1 aliphatic carbocycles. The maximum absolute atomic E-state index is 12.6. The van der Waals surface area contributed by atoms with Gasteiger partial charge in [0.05, 0.1) is 17.9 Å². The highest BCUT2D eigenvalue weighted by Crippen LogP contribution is 2.33. The maximum atomic E-state index is 12.6. The third-order valence-corrected chi connectivity index (χ3v) is 5.22. The summed E-state index contributed by atoms with van der Waals surface area (Å²) in [5, 5.41) is 0. The van der Waals surface area contributed by atoms with Crippen molar-refractivity contribution < 1.29 is 4.79 Å². The highest BCUT2D eigenvalue weighted by Gasteiger charge is 2.37. The fourth-order valence-corrected chi connectivity index (χ4v) is 3.41. The molecule has 28 heavy (non-hydrogen) atoms. The van der Waals surface area contributed by atoms with Crippen LogP contribution in [0.25, 0.3) is 11.3 Å². The Morgan fingerprint density at radius 1 is 1.36 bits per heavy atom. The normalized spacial score (nSPS) is 17.0. The zero-order chi connectivity index (χ0) is 19.5. The molecule has 2 aromatic heterocycles. The van der Waals surface area contributed by atoms with Crippen LogP contribution in [0.2, 0.25) is 0 Å². The van der Waals surface area contributed by atoms with Gasteiger partial charge in [0, 0.05) is 56.4 Å². The molecule has 0 aromatic carbocycles. The fraction of sp³-hybridized carbons (Fsp3) is 0.400. The lowest BCUT2D eigenvalue weighted by molar-refractivity contribution is -0.130. The minimum atomic E-state index is -0.124. The molecule has 3 N–H and O–H groups in total. The second-order valence-electron chi connectivity index (χ2n) is 7.32. The van der Waals surface area contributed by atoms with Crippen LogP contribution < -0.4 is 16.2 Å². The predicted octanol–water partition coefficient (Wildman–Crippen LogP) is 0.774. The minimum absolute atomic E-state index is 0.0321. The van der Waals surface area contributed by atoms with Gasteiger partial charge in [0.1, 0.15) is 5.69 Å². The number of nitrogens with two attached hydrogens (primary N) is 1. The summed E-state index contributed by atoms with van der Waals surface area (Å²) in [6, 6.07) is 2.01. The van der Waals surface area contributed by atoms with E-state index in [1.165, 1.54) is 18.9 Å². The van der Waals surface area contributed by atoms with Crippen LogP contribution in [0.15, 0.2) is 47.8 Å². The molecule has 8 heteroatoms. The molecule has 8 nitrogen and oxygen atoms in total. The lowest BCUT2D eigenvalue weighted by Crippen LogP contribution is -2.62. The van der Waals surface area contributed by atoms with Crippen LogP contribution in [-0.2, 0) is 4.79 Å². The van der Waals surface area contributed by atoms with Crippen molar-refractivity contribution in [1.82, 2.24) is 19.9 Å². The van der Waals surface area contributed by atoms with E-state index in [-0.39, 0.29) is 17.5 Å². The van der Waals surface area contributed by atoms with Gasteiger partial charge >= 0.3 is 0 Å². The first-order valence-corrected chi connectivity index (χ1v) is 9.57. The third kappa shape index (κ3) is 3.96. The van der Waals surface area contributed by atoms with Gasteiger partial charge in [-0.2, -0.15) is 0 Å². The molecule has 0 unspecified atom stereocenters. The van der Waals surface area contributed by atoms with Crippen LogP contribution >= 0.6 is 0 Å². The summed E-state index contributed by atoms with van der Waals surface area (Å²) in [6.07, 6.45) is 12.1. The topological polar surface area (TPSA) is 108 Å². The van der Waals surface area contributed by atoms with Gasteiger partial charge in [-0.05, 0) is 24.8 Å². The molecule has 1 saturated heterocycles. The van der Waals surface area contributed by atoms with E-state index in [9.17, 15) is 9.59 Å². The molecular formula is C20H24N6O2. The smallest absolute Gasteiger partial charge is 0.271 e. The van der Waals surface area contributed by atoms with Crippen molar-refractivity contribution in [1.29, 1.82) is 0 Å². The summed E-state index contributed by atoms with van der Waals surface area (Å²) in [6.45, 7) is 2.39. The summed E-state index contributed by atoms with van der Waals surface area (Å²) >= 11 is 0. The number of pyridine rings is 1. The Kier molecular flexibility index (Phi) is 5.21. The number of carbonyl (C=O) groups is 1. The number of aromatic nitrogens is 3. The van der Waals surface area contributed by atoms with E-state index in [0.717, 1.165) is 12.1 Å². The van der Waals surface area contributed by atoms with Gasteiger partial charge in [0.25, 0.3) is 5.56 Å². The fourth-order valence-electron chi connectivity index (χ4n) is 3.41. The first-order valence-electron chi connectivity index (χ1n) is 9.57. The standard InChI is InChI=1S/C20H24N6O2/c21-5-1-2-19(27)25-12-16(13-25)26(11-14-3-4-14)18-8-15(9-24-20(18)28)17-10-22-6-7-23-17/h1-2,6-10,14,16H,3-5,11-13,21H2,(H,24,28). The number of carbonyl (C=O) groups excluding carboxylic acids is 1. The Hall–Kier alpha value is -3.00. The molecule has 2 fully saturated rings. The Morgan fingerprint density at radius 3 is 2.86 bits per heavy atom. The van der Waals surface area contributed by atoms with Crippen molar-refractivity contribution in [3.63, 3.8) is 0 Å². The number of rotatable bonds is 7. The van der Waals surface area contributed by atoms with E-state index >= 15 is 0 Å².